The first-order chi connectivity index (χ1) is 13.0. The fraction of sp³-hybridized carbons (Fsp3) is 0.316. The molecule has 3 heterocycles. The number of ether oxygens (including phenoxy) is 1. The van der Waals surface area contributed by atoms with Crippen LogP contribution in [0.25, 0.3) is 5.69 Å². The van der Waals surface area contributed by atoms with Gasteiger partial charge in [0.15, 0.2) is 11.6 Å². The van der Waals surface area contributed by atoms with Gasteiger partial charge in [-0.1, -0.05) is 0 Å². The van der Waals surface area contributed by atoms with Crippen LogP contribution in [0.4, 0.5) is 21.8 Å². The summed E-state index contributed by atoms with van der Waals surface area (Å²) in [7, 11) is 2.03. The van der Waals surface area contributed by atoms with E-state index < -0.39 is 0 Å². The molecular weight excluding hydrogens is 347 g/mol. The largest absolute Gasteiger partial charge is 0.486 e. The summed E-state index contributed by atoms with van der Waals surface area (Å²) >= 11 is 0. The van der Waals surface area contributed by atoms with Gasteiger partial charge in [-0.15, -0.1) is 0 Å². The fourth-order valence-electron chi connectivity index (χ4n) is 3.40. The lowest BCUT2D eigenvalue weighted by molar-refractivity contribution is 0.253. The van der Waals surface area contributed by atoms with Gasteiger partial charge in [0, 0.05) is 18.9 Å². The number of hydrogen-bond acceptors (Lipinski definition) is 6. The molecule has 8 heteroatoms. The molecule has 0 radical (unpaired) electrons. The van der Waals surface area contributed by atoms with Gasteiger partial charge in [-0.25, -0.2) is 14.4 Å². The molecule has 1 saturated carbocycles. The van der Waals surface area contributed by atoms with E-state index in [0.717, 1.165) is 24.4 Å². The predicted molar refractivity (Wildman–Crippen MR) is 99.4 cm³/mol. The number of nitrogens with zero attached hydrogens (tertiary/aromatic N) is 5. The van der Waals surface area contributed by atoms with Gasteiger partial charge in [0.25, 0.3) is 0 Å². The lowest BCUT2D eigenvalue weighted by Crippen LogP contribution is -2.43. The van der Waals surface area contributed by atoms with E-state index in [1.54, 1.807) is 35.4 Å². The molecule has 0 atom stereocenters. The number of fused-ring (bicyclic) bond motifs is 1. The van der Waals surface area contributed by atoms with Crippen molar-refractivity contribution in [1.29, 1.82) is 0 Å². The summed E-state index contributed by atoms with van der Waals surface area (Å²) < 4.78 is 22.0. The summed E-state index contributed by atoms with van der Waals surface area (Å²) in [5, 5.41) is 3.08. The minimum absolute atomic E-state index is 0.0787. The van der Waals surface area contributed by atoms with E-state index >= 15 is 0 Å². The summed E-state index contributed by atoms with van der Waals surface area (Å²) in [6.07, 6.45) is 7.25. The molecule has 1 aliphatic heterocycles. The maximum absolute atomic E-state index is 14.5. The lowest BCUT2D eigenvalue weighted by Gasteiger charge is -2.35. The highest BCUT2D eigenvalue weighted by atomic mass is 19.1. The molecule has 1 N–H and O–H groups in total. The summed E-state index contributed by atoms with van der Waals surface area (Å²) in [4.78, 5) is 15.2. The van der Waals surface area contributed by atoms with E-state index in [1.807, 2.05) is 14.0 Å². The maximum Gasteiger partial charge on any atom is 0.229 e. The Hall–Kier alpha value is -3.16. The van der Waals surface area contributed by atoms with Crippen LogP contribution in [0.15, 0.2) is 36.9 Å². The fourth-order valence-corrected chi connectivity index (χ4v) is 3.40. The summed E-state index contributed by atoms with van der Waals surface area (Å²) in [6, 6.07) is 4.92. The maximum atomic E-state index is 14.5. The number of imidazole rings is 1. The van der Waals surface area contributed by atoms with Gasteiger partial charge in [0.2, 0.25) is 5.95 Å². The third kappa shape index (κ3) is 2.68. The molecule has 2 aliphatic rings. The summed E-state index contributed by atoms with van der Waals surface area (Å²) in [6.45, 7) is 2.54. The number of rotatable bonds is 3. The van der Waals surface area contributed by atoms with E-state index in [2.05, 4.69) is 25.2 Å². The molecule has 0 saturated heterocycles. The van der Waals surface area contributed by atoms with Crippen LogP contribution in [-0.2, 0) is 0 Å². The summed E-state index contributed by atoms with van der Waals surface area (Å²) in [5.41, 5.74) is 1.93. The second kappa shape index (κ2) is 5.67. The lowest BCUT2D eigenvalue weighted by atomic mass is 10.2. The van der Waals surface area contributed by atoms with Gasteiger partial charge in [-0.3, -0.25) is 0 Å². The number of anilines is 3. The quantitative estimate of drug-likeness (QED) is 0.768. The Morgan fingerprint density at radius 2 is 2.11 bits per heavy atom. The highest BCUT2D eigenvalue weighted by Crippen LogP contribution is 2.48. The normalized spacial score (nSPS) is 16.8. The first-order valence-corrected chi connectivity index (χ1v) is 8.85. The van der Waals surface area contributed by atoms with Crippen molar-refractivity contribution < 1.29 is 9.13 Å². The van der Waals surface area contributed by atoms with Crippen molar-refractivity contribution in [1.82, 2.24) is 19.5 Å². The van der Waals surface area contributed by atoms with Gasteiger partial charge in [-0.2, -0.15) is 4.98 Å². The van der Waals surface area contributed by atoms with Crippen LogP contribution in [0.2, 0.25) is 0 Å². The van der Waals surface area contributed by atoms with Gasteiger partial charge in [0.1, 0.15) is 12.4 Å². The first-order valence-electron chi connectivity index (χ1n) is 8.85. The van der Waals surface area contributed by atoms with Crippen molar-refractivity contribution in [2.24, 2.45) is 0 Å². The molecule has 1 aliphatic carbocycles. The Morgan fingerprint density at radius 1 is 1.26 bits per heavy atom. The van der Waals surface area contributed by atoms with Crippen molar-refractivity contribution in [2.75, 3.05) is 23.9 Å². The molecule has 5 rings (SSSR count). The molecule has 27 heavy (non-hydrogen) atoms. The minimum Gasteiger partial charge on any atom is -0.486 e. The molecule has 1 fully saturated rings. The third-order valence-corrected chi connectivity index (χ3v) is 5.28. The number of aryl methyl sites for hydroxylation is 1. The average Bonchev–Trinajstić information content (AvgIpc) is 3.32. The smallest absolute Gasteiger partial charge is 0.229 e. The third-order valence-electron chi connectivity index (χ3n) is 5.28. The second-order valence-corrected chi connectivity index (χ2v) is 7.17. The standard InChI is InChI=1S/C19H19FN6O/c1-12-9-26(11-22-12)15-4-3-13(7-14(15)20)23-18-21-8-16-17(24-18)25(2)19(5-6-19)10-27-16/h3-4,7-9,11H,5-6,10H2,1-2H3,(H,21,23,24). The second-order valence-electron chi connectivity index (χ2n) is 7.17. The Kier molecular flexibility index (Phi) is 3.37. The average molecular weight is 366 g/mol. The van der Waals surface area contributed by atoms with Crippen LogP contribution in [0.5, 0.6) is 5.75 Å². The zero-order valence-electron chi connectivity index (χ0n) is 15.1. The minimum atomic E-state index is -0.354. The molecule has 138 valence electrons. The van der Waals surface area contributed by atoms with E-state index in [9.17, 15) is 4.39 Å². The zero-order valence-corrected chi connectivity index (χ0v) is 15.1. The van der Waals surface area contributed by atoms with Crippen LogP contribution in [0, 0.1) is 12.7 Å². The monoisotopic (exact) mass is 366 g/mol. The Morgan fingerprint density at radius 3 is 2.81 bits per heavy atom. The highest BCUT2D eigenvalue weighted by Gasteiger charge is 2.51. The van der Waals surface area contributed by atoms with Crippen LogP contribution in [0.3, 0.4) is 0 Å². The number of benzene rings is 1. The molecule has 0 unspecified atom stereocenters. The van der Waals surface area contributed by atoms with Crippen molar-refractivity contribution in [3.05, 3.63) is 48.4 Å². The van der Waals surface area contributed by atoms with Crippen molar-refractivity contribution in [2.45, 2.75) is 25.3 Å². The van der Waals surface area contributed by atoms with Crippen molar-refractivity contribution in [3.8, 4) is 11.4 Å². The number of halogens is 1. The topological polar surface area (TPSA) is 68.1 Å². The van der Waals surface area contributed by atoms with Crippen LogP contribution in [-0.4, -0.2) is 38.7 Å². The number of aromatic nitrogens is 4. The molecule has 7 nitrogen and oxygen atoms in total. The van der Waals surface area contributed by atoms with Crippen molar-refractivity contribution >= 4 is 17.5 Å². The molecule has 3 aromatic rings. The molecule has 0 bridgehead atoms. The van der Waals surface area contributed by atoms with Crippen LogP contribution in [0.1, 0.15) is 18.5 Å². The molecule has 1 spiro atoms. The molecule has 0 amide bonds. The molecule has 1 aromatic carbocycles. The molecule has 2 aromatic heterocycles. The van der Waals surface area contributed by atoms with Crippen LogP contribution >= 0.6 is 0 Å². The van der Waals surface area contributed by atoms with Gasteiger partial charge >= 0.3 is 0 Å². The van der Waals surface area contributed by atoms with Gasteiger partial charge in [0.05, 0.1) is 29.4 Å². The predicted octanol–water partition coefficient (Wildman–Crippen LogP) is 3.21. The zero-order chi connectivity index (χ0) is 18.6. The number of likely N-dealkylation sites (N-methyl/N-ethyl adjacent to an activating group) is 1. The van der Waals surface area contributed by atoms with E-state index in [1.165, 1.54) is 6.07 Å². The Balaban J connectivity index is 1.41. The molecular formula is C19H19FN6O. The van der Waals surface area contributed by atoms with E-state index in [-0.39, 0.29) is 11.4 Å². The van der Waals surface area contributed by atoms with Crippen molar-refractivity contribution in [3.63, 3.8) is 0 Å². The van der Waals surface area contributed by atoms with E-state index in [4.69, 9.17) is 4.74 Å². The number of nitrogens with one attached hydrogen (secondary N) is 1. The SMILES string of the molecule is Cc1cn(-c2ccc(Nc3ncc4c(n3)N(C)C3(CC3)CO4)cc2F)cn1. The van der Waals surface area contributed by atoms with Crippen LogP contribution < -0.4 is 15.0 Å². The Labute approximate surface area is 155 Å². The first kappa shape index (κ1) is 16.0. The van der Waals surface area contributed by atoms with E-state index in [0.29, 0.717) is 29.7 Å². The van der Waals surface area contributed by atoms with Gasteiger partial charge in [-0.05, 0) is 38.0 Å². The summed E-state index contributed by atoms with van der Waals surface area (Å²) in [5.74, 6) is 1.50. The number of hydrogen-bond donors (Lipinski definition) is 1. The van der Waals surface area contributed by atoms with Gasteiger partial charge < -0.3 is 19.5 Å². The Bertz CT molecular complexity index is 1030. The highest BCUT2D eigenvalue weighted by molar-refractivity contribution is 5.62.